The van der Waals surface area contributed by atoms with Crippen LogP contribution in [0.25, 0.3) is 10.9 Å². The molecule has 0 atom stereocenters. The van der Waals surface area contributed by atoms with Gasteiger partial charge in [-0.1, -0.05) is 15.9 Å². The summed E-state index contributed by atoms with van der Waals surface area (Å²) in [5.74, 6) is 5.45. The first-order valence-corrected chi connectivity index (χ1v) is 5.42. The van der Waals surface area contributed by atoms with E-state index < -0.39 is 0 Å². The van der Waals surface area contributed by atoms with Gasteiger partial charge in [0.25, 0.3) is 0 Å². The first kappa shape index (κ1) is 10.9. The van der Waals surface area contributed by atoms with Crippen molar-refractivity contribution >= 4 is 32.5 Å². The number of nitriles is 1. The second-order valence-corrected chi connectivity index (χ2v) is 4.34. The Morgan fingerprint density at radius 1 is 1.50 bits per heavy atom. The molecule has 0 saturated heterocycles. The standard InChI is InChI=1S/C11H9BrN4/c1-6-2-8(12)3-9-10(6)15-5-7(4-13)11(9)16-14/h2-3,5H,14H2,1H3,(H,15,16). The third-order valence-electron chi connectivity index (χ3n) is 2.39. The van der Waals surface area contributed by atoms with Crippen LogP contribution in [0.5, 0.6) is 0 Å². The van der Waals surface area contributed by atoms with Crippen LogP contribution in [0.2, 0.25) is 0 Å². The Kier molecular flexibility index (Phi) is 2.77. The number of aromatic nitrogens is 1. The van der Waals surface area contributed by atoms with Crippen molar-refractivity contribution in [3.05, 3.63) is 33.9 Å². The zero-order valence-electron chi connectivity index (χ0n) is 8.58. The van der Waals surface area contributed by atoms with Crippen LogP contribution in [0.15, 0.2) is 22.8 Å². The van der Waals surface area contributed by atoms with Gasteiger partial charge in [0.15, 0.2) is 0 Å². The molecule has 1 aromatic heterocycles. The van der Waals surface area contributed by atoms with E-state index in [9.17, 15) is 0 Å². The van der Waals surface area contributed by atoms with Crippen LogP contribution in [0.4, 0.5) is 5.69 Å². The highest BCUT2D eigenvalue weighted by atomic mass is 79.9. The second kappa shape index (κ2) is 4.08. The Hall–Kier alpha value is -1.64. The Labute approximate surface area is 101 Å². The number of hydrogen-bond donors (Lipinski definition) is 2. The summed E-state index contributed by atoms with van der Waals surface area (Å²) in [4.78, 5) is 4.26. The predicted octanol–water partition coefficient (Wildman–Crippen LogP) is 2.46. The maximum absolute atomic E-state index is 8.95. The van der Waals surface area contributed by atoms with Crippen molar-refractivity contribution in [2.45, 2.75) is 6.92 Å². The van der Waals surface area contributed by atoms with Gasteiger partial charge in [-0.25, -0.2) is 0 Å². The van der Waals surface area contributed by atoms with Gasteiger partial charge in [-0.15, -0.1) is 0 Å². The van der Waals surface area contributed by atoms with Crippen LogP contribution in [0.1, 0.15) is 11.1 Å². The van der Waals surface area contributed by atoms with Crippen LogP contribution in [0, 0.1) is 18.3 Å². The number of pyridine rings is 1. The Balaban J connectivity index is 2.93. The van der Waals surface area contributed by atoms with Gasteiger partial charge in [-0.3, -0.25) is 10.8 Å². The number of nitrogens with two attached hydrogens (primary N) is 1. The van der Waals surface area contributed by atoms with Crippen LogP contribution < -0.4 is 11.3 Å². The van der Waals surface area contributed by atoms with Crippen molar-refractivity contribution in [3.8, 4) is 6.07 Å². The van der Waals surface area contributed by atoms with Crippen molar-refractivity contribution in [2.75, 3.05) is 5.43 Å². The molecule has 5 heteroatoms. The fourth-order valence-electron chi connectivity index (χ4n) is 1.68. The lowest BCUT2D eigenvalue weighted by Gasteiger charge is -2.09. The number of hydrogen-bond acceptors (Lipinski definition) is 4. The van der Waals surface area contributed by atoms with Crippen LogP contribution >= 0.6 is 15.9 Å². The molecular formula is C11H9BrN4. The van der Waals surface area contributed by atoms with Crippen LogP contribution in [-0.4, -0.2) is 4.98 Å². The number of nitrogens with zero attached hydrogens (tertiary/aromatic N) is 2. The van der Waals surface area contributed by atoms with Gasteiger partial charge >= 0.3 is 0 Å². The normalized spacial score (nSPS) is 10.1. The molecule has 1 aromatic carbocycles. The molecule has 2 rings (SSSR count). The van der Waals surface area contributed by atoms with Gasteiger partial charge in [0, 0.05) is 16.1 Å². The summed E-state index contributed by atoms with van der Waals surface area (Å²) < 4.78 is 0.936. The highest BCUT2D eigenvalue weighted by Gasteiger charge is 2.09. The van der Waals surface area contributed by atoms with Gasteiger partial charge in [0.2, 0.25) is 0 Å². The van der Waals surface area contributed by atoms with Gasteiger partial charge in [0.05, 0.1) is 16.8 Å². The van der Waals surface area contributed by atoms with Crippen LogP contribution in [-0.2, 0) is 0 Å². The average Bonchev–Trinajstić information content (AvgIpc) is 2.27. The number of fused-ring (bicyclic) bond motifs is 1. The minimum Gasteiger partial charge on any atom is -0.322 e. The van der Waals surface area contributed by atoms with E-state index in [1.54, 1.807) is 0 Å². The fraction of sp³-hybridized carbons (Fsp3) is 0.0909. The Morgan fingerprint density at radius 2 is 2.25 bits per heavy atom. The lowest BCUT2D eigenvalue weighted by atomic mass is 10.1. The molecule has 0 fully saturated rings. The monoisotopic (exact) mass is 276 g/mol. The van der Waals surface area contributed by atoms with E-state index in [-0.39, 0.29) is 0 Å². The summed E-state index contributed by atoms with van der Waals surface area (Å²) >= 11 is 3.41. The van der Waals surface area contributed by atoms with E-state index in [1.165, 1.54) is 6.20 Å². The van der Waals surface area contributed by atoms with E-state index >= 15 is 0 Å². The Morgan fingerprint density at radius 3 is 2.88 bits per heavy atom. The predicted molar refractivity (Wildman–Crippen MR) is 66.7 cm³/mol. The first-order valence-electron chi connectivity index (χ1n) is 4.63. The molecular weight excluding hydrogens is 268 g/mol. The molecule has 0 saturated carbocycles. The molecule has 80 valence electrons. The summed E-state index contributed by atoms with van der Waals surface area (Å²) in [6.45, 7) is 1.96. The molecule has 0 bridgehead atoms. The molecule has 0 aliphatic carbocycles. The van der Waals surface area contributed by atoms with E-state index in [0.717, 1.165) is 20.9 Å². The number of rotatable bonds is 1. The van der Waals surface area contributed by atoms with Crippen molar-refractivity contribution in [2.24, 2.45) is 5.84 Å². The lowest BCUT2D eigenvalue weighted by Crippen LogP contribution is -2.09. The zero-order chi connectivity index (χ0) is 11.7. The van der Waals surface area contributed by atoms with E-state index in [0.29, 0.717) is 11.3 Å². The van der Waals surface area contributed by atoms with E-state index in [4.69, 9.17) is 11.1 Å². The maximum atomic E-state index is 8.95. The number of nitrogens with one attached hydrogen (secondary N) is 1. The van der Waals surface area contributed by atoms with Crippen LogP contribution in [0.3, 0.4) is 0 Å². The molecule has 2 aromatic rings. The zero-order valence-corrected chi connectivity index (χ0v) is 10.2. The molecule has 0 aliphatic heterocycles. The molecule has 0 aliphatic rings. The van der Waals surface area contributed by atoms with Crippen molar-refractivity contribution in [3.63, 3.8) is 0 Å². The lowest BCUT2D eigenvalue weighted by molar-refractivity contribution is 1.29. The average molecular weight is 277 g/mol. The van der Waals surface area contributed by atoms with Gasteiger partial charge in [-0.2, -0.15) is 5.26 Å². The maximum Gasteiger partial charge on any atom is 0.103 e. The minimum atomic E-state index is 0.438. The number of hydrazine groups is 1. The third kappa shape index (κ3) is 1.62. The second-order valence-electron chi connectivity index (χ2n) is 3.42. The number of anilines is 1. The molecule has 1 heterocycles. The summed E-state index contributed by atoms with van der Waals surface area (Å²) in [5.41, 5.74) is 5.48. The van der Waals surface area contributed by atoms with Crippen molar-refractivity contribution in [1.29, 1.82) is 5.26 Å². The van der Waals surface area contributed by atoms with Gasteiger partial charge < -0.3 is 5.43 Å². The fourth-order valence-corrected chi connectivity index (χ4v) is 2.25. The molecule has 3 N–H and O–H groups in total. The molecule has 16 heavy (non-hydrogen) atoms. The molecule has 0 spiro atoms. The largest absolute Gasteiger partial charge is 0.322 e. The van der Waals surface area contributed by atoms with E-state index in [1.807, 2.05) is 19.1 Å². The van der Waals surface area contributed by atoms with Gasteiger partial charge in [-0.05, 0) is 24.6 Å². The smallest absolute Gasteiger partial charge is 0.103 e. The summed E-state index contributed by atoms with van der Waals surface area (Å²) in [6, 6.07) is 5.93. The highest BCUT2D eigenvalue weighted by molar-refractivity contribution is 9.10. The molecule has 0 unspecified atom stereocenters. The molecule has 4 nitrogen and oxygen atoms in total. The Bertz CT molecular complexity index is 601. The number of nitrogen functional groups attached to an aromatic ring is 1. The number of halogens is 1. The quantitative estimate of drug-likeness (QED) is 0.620. The SMILES string of the molecule is Cc1cc(Br)cc2c(NN)c(C#N)cnc12. The van der Waals surface area contributed by atoms with Crippen molar-refractivity contribution < 1.29 is 0 Å². The van der Waals surface area contributed by atoms with Gasteiger partial charge in [0.1, 0.15) is 6.07 Å². The topological polar surface area (TPSA) is 74.7 Å². The number of benzene rings is 1. The molecule has 0 radical (unpaired) electrons. The van der Waals surface area contributed by atoms with E-state index in [2.05, 4.69) is 32.4 Å². The third-order valence-corrected chi connectivity index (χ3v) is 2.85. The summed E-state index contributed by atoms with van der Waals surface area (Å²) in [7, 11) is 0. The highest BCUT2D eigenvalue weighted by Crippen LogP contribution is 2.29. The summed E-state index contributed by atoms with van der Waals surface area (Å²) in [6.07, 6.45) is 1.53. The molecule has 0 amide bonds. The first-order chi connectivity index (χ1) is 7.67. The minimum absolute atomic E-state index is 0.438. The summed E-state index contributed by atoms with van der Waals surface area (Å²) in [5, 5.41) is 9.79. The van der Waals surface area contributed by atoms with Crippen molar-refractivity contribution in [1.82, 2.24) is 4.98 Å². The number of aryl methyl sites for hydroxylation is 1.